The largest absolute Gasteiger partial charge is 0.481 e. The average Bonchev–Trinajstić information content (AvgIpc) is 2.47. The molecule has 0 aliphatic carbocycles. The molecule has 4 nitrogen and oxygen atoms in total. The maximum Gasteiger partial charge on any atom is 0.310 e. The van der Waals surface area contributed by atoms with Crippen molar-refractivity contribution in [1.29, 1.82) is 0 Å². The number of nitrogens with one attached hydrogen (secondary N) is 1. The number of likely N-dealkylation sites (tertiary alicyclic amines) is 1. The van der Waals surface area contributed by atoms with E-state index < -0.39 is 11.9 Å². The Morgan fingerprint density at radius 1 is 1.43 bits per heavy atom. The standard InChI is InChI=1S/C17H26N2O2/c1-13(17(20)21)16-7-5-14(6-8-16)10-18-11-15-4-3-9-19(2)12-15/h5-8,13,15,18H,3-4,9-12H2,1-2H3,(H,20,21). The highest BCUT2D eigenvalue weighted by Crippen LogP contribution is 2.17. The maximum atomic E-state index is 10.9. The van der Waals surface area contributed by atoms with Crippen LogP contribution in [0.15, 0.2) is 24.3 Å². The zero-order valence-corrected chi connectivity index (χ0v) is 13.0. The molecule has 1 fully saturated rings. The van der Waals surface area contributed by atoms with Gasteiger partial charge < -0.3 is 15.3 Å². The van der Waals surface area contributed by atoms with E-state index in [4.69, 9.17) is 5.11 Å². The van der Waals surface area contributed by atoms with Gasteiger partial charge in [0, 0.05) is 13.1 Å². The van der Waals surface area contributed by atoms with E-state index in [-0.39, 0.29) is 0 Å². The Balaban J connectivity index is 1.77. The van der Waals surface area contributed by atoms with Crippen molar-refractivity contribution in [2.75, 3.05) is 26.7 Å². The fourth-order valence-electron chi connectivity index (χ4n) is 2.93. The molecule has 4 heteroatoms. The van der Waals surface area contributed by atoms with Gasteiger partial charge in [0.2, 0.25) is 0 Å². The van der Waals surface area contributed by atoms with E-state index in [1.165, 1.54) is 31.5 Å². The zero-order chi connectivity index (χ0) is 15.2. The highest BCUT2D eigenvalue weighted by molar-refractivity contribution is 5.75. The van der Waals surface area contributed by atoms with Crippen molar-refractivity contribution in [2.45, 2.75) is 32.2 Å². The minimum Gasteiger partial charge on any atom is -0.481 e. The van der Waals surface area contributed by atoms with Crippen molar-refractivity contribution < 1.29 is 9.90 Å². The monoisotopic (exact) mass is 290 g/mol. The zero-order valence-electron chi connectivity index (χ0n) is 13.0. The molecule has 1 aliphatic rings. The number of nitrogens with zero attached hydrogens (tertiary/aromatic N) is 1. The Morgan fingerprint density at radius 2 is 2.14 bits per heavy atom. The third kappa shape index (κ3) is 4.83. The molecule has 2 N–H and O–H groups in total. The average molecular weight is 290 g/mol. The lowest BCUT2D eigenvalue weighted by Crippen LogP contribution is -2.37. The molecule has 2 rings (SSSR count). The van der Waals surface area contributed by atoms with Crippen LogP contribution in [0.25, 0.3) is 0 Å². The second-order valence-electron chi connectivity index (χ2n) is 6.20. The van der Waals surface area contributed by atoms with Crippen LogP contribution in [0.1, 0.15) is 36.8 Å². The second-order valence-corrected chi connectivity index (χ2v) is 6.20. The van der Waals surface area contributed by atoms with Gasteiger partial charge in [0.05, 0.1) is 5.92 Å². The summed E-state index contributed by atoms with van der Waals surface area (Å²) in [6.07, 6.45) is 2.61. The van der Waals surface area contributed by atoms with Gasteiger partial charge in [-0.25, -0.2) is 0 Å². The van der Waals surface area contributed by atoms with Gasteiger partial charge in [-0.05, 0) is 56.9 Å². The van der Waals surface area contributed by atoms with Crippen LogP contribution in [-0.2, 0) is 11.3 Å². The van der Waals surface area contributed by atoms with E-state index in [1.807, 2.05) is 24.3 Å². The summed E-state index contributed by atoms with van der Waals surface area (Å²) in [6.45, 7) is 6.02. The SMILES string of the molecule is CC(C(=O)O)c1ccc(CNCC2CCCN(C)C2)cc1. The van der Waals surface area contributed by atoms with E-state index in [9.17, 15) is 4.79 Å². The molecule has 1 aromatic rings. The number of piperidine rings is 1. The summed E-state index contributed by atoms with van der Waals surface area (Å²) < 4.78 is 0. The van der Waals surface area contributed by atoms with Crippen LogP contribution < -0.4 is 5.32 Å². The summed E-state index contributed by atoms with van der Waals surface area (Å²) in [5.41, 5.74) is 2.07. The highest BCUT2D eigenvalue weighted by atomic mass is 16.4. The maximum absolute atomic E-state index is 10.9. The normalized spacial score (nSPS) is 21.1. The molecular formula is C17H26N2O2. The van der Waals surface area contributed by atoms with Crippen LogP contribution in [0.5, 0.6) is 0 Å². The van der Waals surface area contributed by atoms with Gasteiger partial charge in [-0.15, -0.1) is 0 Å². The number of benzene rings is 1. The van der Waals surface area contributed by atoms with Gasteiger partial charge >= 0.3 is 5.97 Å². The lowest BCUT2D eigenvalue weighted by atomic mass is 9.98. The first-order chi connectivity index (χ1) is 10.1. The van der Waals surface area contributed by atoms with Crippen LogP contribution >= 0.6 is 0 Å². The molecule has 0 aromatic heterocycles. The van der Waals surface area contributed by atoms with Gasteiger partial charge in [-0.1, -0.05) is 24.3 Å². The molecule has 1 heterocycles. The van der Waals surface area contributed by atoms with Gasteiger partial charge in [0.1, 0.15) is 0 Å². The quantitative estimate of drug-likeness (QED) is 0.844. The number of hydrogen-bond acceptors (Lipinski definition) is 3. The summed E-state index contributed by atoms with van der Waals surface area (Å²) in [4.78, 5) is 13.3. The van der Waals surface area contributed by atoms with E-state index in [2.05, 4.69) is 17.3 Å². The third-order valence-corrected chi connectivity index (χ3v) is 4.33. The molecule has 2 atom stereocenters. The van der Waals surface area contributed by atoms with Crippen LogP contribution in [0.4, 0.5) is 0 Å². The minimum absolute atomic E-state index is 0.440. The molecule has 0 spiro atoms. The number of hydrogen-bond donors (Lipinski definition) is 2. The first-order valence-electron chi connectivity index (χ1n) is 7.77. The molecule has 1 aliphatic heterocycles. The molecule has 2 unspecified atom stereocenters. The van der Waals surface area contributed by atoms with Crippen molar-refractivity contribution >= 4 is 5.97 Å². The minimum atomic E-state index is -0.776. The van der Waals surface area contributed by atoms with Crippen LogP contribution in [0.3, 0.4) is 0 Å². The molecular weight excluding hydrogens is 264 g/mol. The fourth-order valence-corrected chi connectivity index (χ4v) is 2.93. The van der Waals surface area contributed by atoms with Crippen molar-refractivity contribution in [3.63, 3.8) is 0 Å². The van der Waals surface area contributed by atoms with Crippen LogP contribution in [0.2, 0.25) is 0 Å². The Labute approximate surface area is 127 Å². The molecule has 21 heavy (non-hydrogen) atoms. The Bertz CT molecular complexity index is 458. The molecule has 0 radical (unpaired) electrons. The van der Waals surface area contributed by atoms with Gasteiger partial charge in [0.25, 0.3) is 0 Å². The van der Waals surface area contributed by atoms with E-state index in [0.29, 0.717) is 0 Å². The molecule has 0 amide bonds. The number of aliphatic carboxylic acids is 1. The summed E-state index contributed by atoms with van der Waals surface area (Å²) in [7, 11) is 2.19. The Morgan fingerprint density at radius 3 is 2.76 bits per heavy atom. The summed E-state index contributed by atoms with van der Waals surface area (Å²) in [6, 6.07) is 7.89. The highest BCUT2D eigenvalue weighted by Gasteiger charge is 2.16. The number of carboxylic acid groups (broad SMARTS) is 1. The van der Waals surface area contributed by atoms with Crippen LogP contribution in [-0.4, -0.2) is 42.7 Å². The lowest BCUT2D eigenvalue weighted by Gasteiger charge is -2.29. The first-order valence-corrected chi connectivity index (χ1v) is 7.77. The molecule has 1 saturated heterocycles. The number of rotatable bonds is 6. The predicted octanol–water partition coefficient (Wildman–Crippen LogP) is 2.31. The molecule has 1 aromatic carbocycles. The lowest BCUT2D eigenvalue weighted by molar-refractivity contribution is -0.138. The van der Waals surface area contributed by atoms with Crippen molar-refractivity contribution in [3.05, 3.63) is 35.4 Å². The third-order valence-electron chi connectivity index (χ3n) is 4.33. The van der Waals surface area contributed by atoms with Crippen LogP contribution in [0, 0.1) is 5.92 Å². The van der Waals surface area contributed by atoms with E-state index >= 15 is 0 Å². The summed E-state index contributed by atoms with van der Waals surface area (Å²) >= 11 is 0. The Hall–Kier alpha value is -1.39. The number of carboxylic acids is 1. The molecule has 116 valence electrons. The first kappa shape index (κ1) is 16.0. The van der Waals surface area contributed by atoms with Gasteiger partial charge in [0.15, 0.2) is 0 Å². The van der Waals surface area contributed by atoms with Gasteiger partial charge in [-0.3, -0.25) is 4.79 Å². The summed E-state index contributed by atoms with van der Waals surface area (Å²) in [5, 5.41) is 12.5. The topological polar surface area (TPSA) is 52.6 Å². The van der Waals surface area contributed by atoms with E-state index in [1.54, 1.807) is 6.92 Å². The smallest absolute Gasteiger partial charge is 0.310 e. The predicted molar refractivity (Wildman–Crippen MR) is 84.4 cm³/mol. The summed E-state index contributed by atoms with van der Waals surface area (Å²) in [5.74, 6) is -0.470. The Kier molecular flexibility index (Phi) is 5.76. The second kappa shape index (κ2) is 7.57. The molecule has 0 bridgehead atoms. The van der Waals surface area contributed by atoms with Crippen molar-refractivity contribution in [1.82, 2.24) is 10.2 Å². The van der Waals surface area contributed by atoms with E-state index in [0.717, 1.165) is 24.6 Å². The fraction of sp³-hybridized carbons (Fsp3) is 0.588. The van der Waals surface area contributed by atoms with Gasteiger partial charge in [-0.2, -0.15) is 0 Å². The molecule has 0 saturated carbocycles. The van der Waals surface area contributed by atoms with Crippen molar-refractivity contribution in [3.8, 4) is 0 Å². The van der Waals surface area contributed by atoms with Crippen molar-refractivity contribution in [2.24, 2.45) is 5.92 Å². The number of carbonyl (C=O) groups is 1.